The zero-order valence-corrected chi connectivity index (χ0v) is 19.0. The van der Waals surface area contributed by atoms with Gasteiger partial charge in [0, 0.05) is 17.6 Å². The standard InChI is InChI=1S/C24H25N7O3/c1-14-4-3-5-31(14)12-22(32)28-19-8-20(15(2)25-11-19)30-24(33)17-6-16-7-21(18-10-27-34-13-18)29-23(16)26-9-17/h6-11,13-14H,3-5,12H2,1-2H3,(H,26,29)(H,28,32)(H,30,33)/t14-/m0/s1. The second-order valence-electron chi connectivity index (χ2n) is 8.58. The first-order valence-electron chi connectivity index (χ1n) is 11.2. The van der Waals surface area contributed by atoms with Crippen molar-refractivity contribution in [3.8, 4) is 11.3 Å². The molecule has 1 aliphatic rings. The second kappa shape index (κ2) is 9.06. The molecule has 1 saturated heterocycles. The van der Waals surface area contributed by atoms with E-state index in [-0.39, 0.29) is 11.8 Å². The average Bonchev–Trinajstić information content (AvgIpc) is 3.57. The first kappa shape index (κ1) is 21.8. The number of hydrogen-bond acceptors (Lipinski definition) is 7. The Labute approximate surface area is 195 Å². The Balaban J connectivity index is 1.29. The highest BCUT2D eigenvalue weighted by atomic mass is 16.5. The van der Waals surface area contributed by atoms with Gasteiger partial charge in [0.05, 0.1) is 52.8 Å². The Hall–Kier alpha value is -4.05. The number of carbonyl (C=O) groups excluding carboxylic acids is 2. The van der Waals surface area contributed by atoms with Gasteiger partial charge in [-0.2, -0.15) is 0 Å². The monoisotopic (exact) mass is 459 g/mol. The fourth-order valence-electron chi connectivity index (χ4n) is 4.17. The molecule has 10 nitrogen and oxygen atoms in total. The SMILES string of the molecule is Cc1ncc(NC(=O)CN2CCC[C@@H]2C)cc1NC(=O)c1cnc2[nH]c(-c3cnoc3)cc2c1. The lowest BCUT2D eigenvalue weighted by Gasteiger charge is -2.20. The summed E-state index contributed by atoms with van der Waals surface area (Å²) in [6.07, 6.45) is 8.47. The van der Waals surface area contributed by atoms with Crippen molar-refractivity contribution in [2.24, 2.45) is 0 Å². The molecule has 0 aliphatic carbocycles. The van der Waals surface area contributed by atoms with Gasteiger partial charge in [-0.05, 0) is 51.4 Å². The van der Waals surface area contributed by atoms with Crippen molar-refractivity contribution in [2.45, 2.75) is 32.7 Å². The third-order valence-corrected chi connectivity index (χ3v) is 6.13. The van der Waals surface area contributed by atoms with Crippen LogP contribution in [0.2, 0.25) is 0 Å². The van der Waals surface area contributed by atoms with Crippen LogP contribution in [0, 0.1) is 6.92 Å². The Morgan fingerprint density at radius 3 is 2.82 bits per heavy atom. The molecule has 5 heterocycles. The summed E-state index contributed by atoms with van der Waals surface area (Å²) < 4.78 is 4.89. The van der Waals surface area contributed by atoms with E-state index in [1.807, 2.05) is 6.07 Å². The van der Waals surface area contributed by atoms with Gasteiger partial charge in [0.1, 0.15) is 11.9 Å². The molecule has 1 aliphatic heterocycles. The van der Waals surface area contributed by atoms with Gasteiger partial charge >= 0.3 is 0 Å². The molecule has 4 aromatic heterocycles. The van der Waals surface area contributed by atoms with Gasteiger partial charge in [0.25, 0.3) is 5.91 Å². The number of amides is 2. The molecule has 5 rings (SSSR count). The number of fused-ring (bicyclic) bond motifs is 1. The summed E-state index contributed by atoms with van der Waals surface area (Å²) in [5.74, 6) is -0.413. The predicted octanol–water partition coefficient (Wildman–Crippen LogP) is 3.60. The van der Waals surface area contributed by atoms with Crippen LogP contribution in [-0.2, 0) is 4.79 Å². The van der Waals surface area contributed by atoms with Crippen LogP contribution in [0.4, 0.5) is 11.4 Å². The number of likely N-dealkylation sites (tertiary alicyclic amines) is 1. The molecule has 174 valence electrons. The van der Waals surface area contributed by atoms with Crippen LogP contribution >= 0.6 is 0 Å². The quantitative estimate of drug-likeness (QED) is 0.402. The minimum Gasteiger partial charge on any atom is -0.364 e. The van der Waals surface area contributed by atoms with Crippen molar-refractivity contribution in [3.63, 3.8) is 0 Å². The topological polar surface area (TPSA) is 129 Å². The molecule has 0 radical (unpaired) electrons. The van der Waals surface area contributed by atoms with E-state index in [1.54, 1.807) is 31.5 Å². The van der Waals surface area contributed by atoms with Crippen molar-refractivity contribution in [2.75, 3.05) is 23.7 Å². The number of nitrogens with one attached hydrogen (secondary N) is 3. The van der Waals surface area contributed by atoms with Crippen LogP contribution in [0.15, 0.2) is 47.6 Å². The molecule has 10 heteroatoms. The molecule has 3 N–H and O–H groups in total. The van der Waals surface area contributed by atoms with Crippen molar-refractivity contribution >= 4 is 34.2 Å². The molecule has 34 heavy (non-hydrogen) atoms. The van der Waals surface area contributed by atoms with E-state index < -0.39 is 0 Å². The number of aromatic amines is 1. The number of rotatable bonds is 6. The Bertz CT molecular complexity index is 1350. The van der Waals surface area contributed by atoms with Gasteiger partial charge in [0.2, 0.25) is 5.91 Å². The van der Waals surface area contributed by atoms with Crippen LogP contribution in [-0.4, -0.2) is 56.0 Å². The second-order valence-corrected chi connectivity index (χ2v) is 8.58. The van der Waals surface area contributed by atoms with Crippen LogP contribution in [0.5, 0.6) is 0 Å². The molecule has 0 spiro atoms. The molecule has 0 unspecified atom stereocenters. The average molecular weight is 460 g/mol. The molecule has 4 aromatic rings. The van der Waals surface area contributed by atoms with E-state index in [0.29, 0.717) is 40.9 Å². The summed E-state index contributed by atoms with van der Waals surface area (Å²) in [6.45, 7) is 5.21. The van der Waals surface area contributed by atoms with Crippen molar-refractivity contribution in [3.05, 3.63) is 54.3 Å². The van der Waals surface area contributed by atoms with Gasteiger partial charge < -0.3 is 20.1 Å². The van der Waals surface area contributed by atoms with E-state index in [9.17, 15) is 9.59 Å². The number of aryl methyl sites for hydroxylation is 1. The molecule has 0 aromatic carbocycles. The van der Waals surface area contributed by atoms with Crippen LogP contribution in [0.1, 0.15) is 35.8 Å². The van der Waals surface area contributed by atoms with Gasteiger partial charge in [-0.15, -0.1) is 0 Å². The van der Waals surface area contributed by atoms with Crippen molar-refractivity contribution < 1.29 is 14.1 Å². The summed E-state index contributed by atoms with van der Waals surface area (Å²) in [6, 6.07) is 5.78. The Morgan fingerprint density at radius 1 is 1.18 bits per heavy atom. The normalized spacial score (nSPS) is 16.1. The Morgan fingerprint density at radius 2 is 2.06 bits per heavy atom. The minimum atomic E-state index is -0.318. The highest BCUT2D eigenvalue weighted by molar-refractivity contribution is 6.06. The number of anilines is 2. The van der Waals surface area contributed by atoms with Crippen LogP contribution < -0.4 is 10.6 Å². The van der Waals surface area contributed by atoms with E-state index in [2.05, 4.69) is 42.6 Å². The molecule has 1 atom stereocenters. The number of aromatic nitrogens is 4. The van der Waals surface area contributed by atoms with Gasteiger partial charge in [-0.25, -0.2) is 4.98 Å². The first-order valence-corrected chi connectivity index (χ1v) is 11.2. The number of carbonyl (C=O) groups is 2. The van der Waals surface area contributed by atoms with Crippen LogP contribution in [0.3, 0.4) is 0 Å². The summed E-state index contributed by atoms with van der Waals surface area (Å²) in [5, 5.41) is 10.3. The van der Waals surface area contributed by atoms with Crippen LogP contribution in [0.25, 0.3) is 22.3 Å². The summed E-state index contributed by atoms with van der Waals surface area (Å²) in [4.78, 5) is 39.5. The molecule has 0 bridgehead atoms. The zero-order valence-electron chi connectivity index (χ0n) is 19.0. The zero-order chi connectivity index (χ0) is 23.7. The third-order valence-electron chi connectivity index (χ3n) is 6.13. The van der Waals surface area contributed by atoms with E-state index in [1.165, 1.54) is 12.5 Å². The van der Waals surface area contributed by atoms with Crippen molar-refractivity contribution in [1.82, 2.24) is 25.0 Å². The molecule has 1 fully saturated rings. The fraction of sp³-hybridized carbons (Fsp3) is 0.292. The first-order chi connectivity index (χ1) is 16.5. The number of pyridine rings is 2. The molecular formula is C24H25N7O3. The maximum absolute atomic E-state index is 12.9. The fourth-order valence-corrected chi connectivity index (χ4v) is 4.17. The molecular weight excluding hydrogens is 434 g/mol. The maximum Gasteiger partial charge on any atom is 0.257 e. The lowest BCUT2D eigenvalue weighted by molar-refractivity contribution is -0.117. The number of H-pyrrole nitrogens is 1. The molecule has 2 amide bonds. The van der Waals surface area contributed by atoms with Gasteiger partial charge in [-0.1, -0.05) is 5.16 Å². The lowest BCUT2D eigenvalue weighted by atomic mass is 10.2. The van der Waals surface area contributed by atoms with Gasteiger partial charge in [-0.3, -0.25) is 19.5 Å². The minimum absolute atomic E-state index is 0.0950. The third kappa shape index (κ3) is 4.53. The largest absolute Gasteiger partial charge is 0.364 e. The summed E-state index contributed by atoms with van der Waals surface area (Å²) >= 11 is 0. The van der Waals surface area contributed by atoms with E-state index in [0.717, 1.165) is 36.0 Å². The molecule has 0 saturated carbocycles. The summed E-state index contributed by atoms with van der Waals surface area (Å²) in [5.41, 5.74) is 4.36. The number of hydrogen-bond donors (Lipinski definition) is 3. The van der Waals surface area contributed by atoms with E-state index >= 15 is 0 Å². The summed E-state index contributed by atoms with van der Waals surface area (Å²) in [7, 11) is 0. The highest BCUT2D eigenvalue weighted by Gasteiger charge is 2.22. The Kier molecular flexibility index (Phi) is 5.81. The highest BCUT2D eigenvalue weighted by Crippen LogP contribution is 2.24. The van der Waals surface area contributed by atoms with Crippen molar-refractivity contribution in [1.29, 1.82) is 0 Å². The lowest BCUT2D eigenvalue weighted by Crippen LogP contribution is -2.35. The smallest absolute Gasteiger partial charge is 0.257 e. The number of nitrogens with zero attached hydrogens (tertiary/aromatic N) is 4. The maximum atomic E-state index is 12.9. The predicted molar refractivity (Wildman–Crippen MR) is 127 cm³/mol. The van der Waals surface area contributed by atoms with Gasteiger partial charge in [0.15, 0.2) is 0 Å². The van der Waals surface area contributed by atoms with E-state index in [4.69, 9.17) is 4.52 Å².